The first-order valence-electron chi connectivity index (χ1n) is 7.79. The van der Waals surface area contributed by atoms with Crippen molar-refractivity contribution in [1.29, 1.82) is 0 Å². The lowest BCUT2D eigenvalue weighted by Crippen LogP contribution is -2.47. The summed E-state index contributed by atoms with van der Waals surface area (Å²) in [5.74, 6) is 2.73. The quantitative estimate of drug-likeness (QED) is 0.845. The van der Waals surface area contributed by atoms with Crippen molar-refractivity contribution in [2.75, 3.05) is 25.5 Å². The van der Waals surface area contributed by atoms with Crippen LogP contribution < -0.4 is 5.32 Å². The molecule has 0 bridgehead atoms. The molecule has 1 N–H and O–H groups in total. The van der Waals surface area contributed by atoms with Gasteiger partial charge in [-0.3, -0.25) is 4.99 Å². The third-order valence-corrected chi connectivity index (χ3v) is 5.90. The van der Waals surface area contributed by atoms with E-state index in [-0.39, 0.29) is 0 Å². The Morgan fingerprint density at radius 2 is 2.37 bits per heavy atom. The monoisotopic (exact) mass is 282 g/mol. The zero-order chi connectivity index (χ0) is 13.1. The molecule has 1 spiro atoms. The number of aliphatic imine (C=N–C) groups is 1. The van der Waals surface area contributed by atoms with E-state index in [4.69, 9.17) is 9.73 Å². The molecule has 0 aromatic rings. The molecule has 3 atom stereocenters. The van der Waals surface area contributed by atoms with Gasteiger partial charge in [-0.15, -0.1) is 0 Å². The minimum Gasteiger partial charge on any atom is -0.381 e. The summed E-state index contributed by atoms with van der Waals surface area (Å²) in [4.78, 5) is 4.81. The van der Waals surface area contributed by atoms with Gasteiger partial charge in [-0.2, -0.15) is 0 Å². The van der Waals surface area contributed by atoms with E-state index in [2.05, 4.69) is 12.2 Å². The molecule has 0 radical (unpaired) electrons. The van der Waals surface area contributed by atoms with Crippen LogP contribution in [0.25, 0.3) is 0 Å². The Labute approximate surface area is 121 Å². The lowest BCUT2D eigenvalue weighted by atomic mass is 9.78. The number of amidine groups is 1. The molecule has 1 saturated carbocycles. The number of ether oxygens (including phenoxy) is 1. The number of nitrogens with one attached hydrogen (secondary N) is 1. The van der Waals surface area contributed by atoms with Crippen molar-refractivity contribution >= 4 is 16.9 Å². The first-order valence-corrected chi connectivity index (χ1v) is 8.77. The summed E-state index contributed by atoms with van der Waals surface area (Å²) in [7, 11) is 0. The molecule has 2 aliphatic heterocycles. The van der Waals surface area contributed by atoms with E-state index in [1.165, 1.54) is 49.4 Å². The van der Waals surface area contributed by atoms with E-state index in [9.17, 15) is 0 Å². The number of thioether (sulfide) groups is 1. The van der Waals surface area contributed by atoms with Gasteiger partial charge in [0.05, 0.1) is 6.61 Å². The topological polar surface area (TPSA) is 33.6 Å². The van der Waals surface area contributed by atoms with Crippen LogP contribution in [0.2, 0.25) is 0 Å². The molecule has 0 amide bonds. The van der Waals surface area contributed by atoms with Gasteiger partial charge in [-0.05, 0) is 31.6 Å². The summed E-state index contributed by atoms with van der Waals surface area (Å²) in [5.41, 5.74) is 0.365. The molecule has 3 rings (SSSR count). The summed E-state index contributed by atoms with van der Waals surface area (Å²) in [6.45, 7) is 5.19. The van der Waals surface area contributed by atoms with Gasteiger partial charge in [0.15, 0.2) is 5.17 Å². The van der Waals surface area contributed by atoms with Crippen LogP contribution in [0.4, 0.5) is 0 Å². The van der Waals surface area contributed by atoms with Gasteiger partial charge in [0, 0.05) is 30.4 Å². The van der Waals surface area contributed by atoms with Gasteiger partial charge in [-0.25, -0.2) is 0 Å². The third kappa shape index (κ3) is 3.46. The summed E-state index contributed by atoms with van der Waals surface area (Å²) >= 11 is 1.94. The fourth-order valence-electron chi connectivity index (χ4n) is 3.66. The van der Waals surface area contributed by atoms with Gasteiger partial charge in [-0.1, -0.05) is 31.5 Å². The maximum atomic E-state index is 5.52. The van der Waals surface area contributed by atoms with Gasteiger partial charge < -0.3 is 10.1 Å². The van der Waals surface area contributed by atoms with Crippen molar-refractivity contribution < 1.29 is 4.74 Å². The molecule has 0 aromatic heterocycles. The first kappa shape index (κ1) is 13.7. The fourth-order valence-corrected chi connectivity index (χ4v) is 4.86. The van der Waals surface area contributed by atoms with Crippen molar-refractivity contribution in [2.45, 2.75) is 51.0 Å². The maximum absolute atomic E-state index is 5.52. The molecule has 3 nitrogen and oxygen atoms in total. The highest BCUT2D eigenvalue weighted by Gasteiger charge is 2.40. The van der Waals surface area contributed by atoms with Crippen LogP contribution in [0.15, 0.2) is 4.99 Å². The standard InChI is InChI=1S/C15H26N2OS/c1-12-4-2-6-15(8-12)11-19-14(17-15)16-9-13-5-3-7-18-10-13/h12-13H,2-11H2,1H3,(H,16,17). The highest BCUT2D eigenvalue weighted by Crippen LogP contribution is 2.38. The predicted octanol–water partition coefficient (Wildman–Crippen LogP) is 3.05. The number of nitrogens with zero attached hydrogens (tertiary/aromatic N) is 1. The molecule has 0 aromatic carbocycles. The third-order valence-electron chi connectivity index (χ3n) is 4.70. The molecule has 1 aliphatic carbocycles. The van der Waals surface area contributed by atoms with E-state index in [0.29, 0.717) is 11.5 Å². The zero-order valence-corrected chi connectivity index (χ0v) is 12.8. The van der Waals surface area contributed by atoms with Crippen LogP contribution >= 0.6 is 11.8 Å². The Morgan fingerprint density at radius 3 is 3.16 bits per heavy atom. The van der Waals surface area contributed by atoms with Crippen molar-refractivity contribution in [3.8, 4) is 0 Å². The van der Waals surface area contributed by atoms with Crippen molar-refractivity contribution in [3.63, 3.8) is 0 Å². The van der Waals surface area contributed by atoms with Gasteiger partial charge in [0.25, 0.3) is 0 Å². The SMILES string of the molecule is CC1CCCC2(CSC(=NCC3CCCOC3)N2)C1. The van der Waals surface area contributed by atoms with Crippen molar-refractivity contribution in [1.82, 2.24) is 5.32 Å². The predicted molar refractivity (Wildman–Crippen MR) is 81.8 cm³/mol. The summed E-state index contributed by atoms with van der Waals surface area (Å²) in [5, 5.41) is 4.94. The average Bonchev–Trinajstić information content (AvgIpc) is 2.80. The van der Waals surface area contributed by atoms with Crippen LogP contribution in [-0.4, -0.2) is 36.2 Å². The molecule has 3 fully saturated rings. The van der Waals surface area contributed by atoms with E-state index >= 15 is 0 Å². The van der Waals surface area contributed by atoms with Gasteiger partial charge in [0.2, 0.25) is 0 Å². The second-order valence-electron chi connectivity index (χ2n) is 6.62. The van der Waals surface area contributed by atoms with Crippen molar-refractivity contribution in [2.24, 2.45) is 16.8 Å². The average molecular weight is 282 g/mol. The Morgan fingerprint density at radius 1 is 1.42 bits per heavy atom. The Hall–Kier alpha value is -0.220. The molecular weight excluding hydrogens is 256 g/mol. The lowest BCUT2D eigenvalue weighted by molar-refractivity contribution is 0.0582. The molecule has 2 saturated heterocycles. The van der Waals surface area contributed by atoms with E-state index in [0.717, 1.165) is 25.7 Å². The number of hydrogen-bond donors (Lipinski definition) is 1. The maximum Gasteiger partial charge on any atom is 0.157 e. The minimum absolute atomic E-state index is 0.365. The largest absolute Gasteiger partial charge is 0.381 e. The molecule has 3 aliphatic rings. The van der Waals surface area contributed by atoms with E-state index in [1.54, 1.807) is 0 Å². The second-order valence-corrected chi connectivity index (χ2v) is 7.59. The smallest absolute Gasteiger partial charge is 0.157 e. The highest BCUT2D eigenvalue weighted by atomic mass is 32.2. The Bertz CT molecular complexity index is 341. The Kier molecular flexibility index (Phi) is 4.37. The summed E-state index contributed by atoms with van der Waals surface area (Å²) in [6.07, 6.45) is 7.92. The molecule has 108 valence electrons. The van der Waals surface area contributed by atoms with Gasteiger partial charge in [0.1, 0.15) is 0 Å². The Balaban J connectivity index is 1.53. The highest BCUT2D eigenvalue weighted by molar-refractivity contribution is 8.14. The summed E-state index contributed by atoms with van der Waals surface area (Å²) < 4.78 is 5.52. The van der Waals surface area contributed by atoms with Gasteiger partial charge >= 0.3 is 0 Å². The molecule has 4 heteroatoms. The van der Waals surface area contributed by atoms with Crippen LogP contribution in [0.3, 0.4) is 0 Å². The van der Waals surface area contributed by atoms with E-state index in [1.807, 2.05) is 11.8 Å². The molecular formula is C15H26N2OS. The van der Waals surface area contributed by atoms with Crippen molar-refractivity contribution in [3.05, 3.63) is 0 Å². The molecule has 19 heavy (non-hydrogen) atoms. The first-order chi connectivity index (χ1) is 9.26. The van der Waals surface area contributed by atoms with Crippen LogP contribution in [0.1, 0.15) is 45.4 Å². The second kappa shape index (κ2) is 6.04. The normalized spacial score (nSPS) is 41.6. The van der Waals surface area contributed by atoms with Crippen LogP contribution in [0, 0.1) is 11.8 Å². The van der Waals surface area contributed by atoms with Crippen LogP contribution in [0.5, 0.6) is 0 Å². The molecule has 3 unspecified atom stereocenters. The number of rotatable bonds is 2. The zero-order valence-electron chi connectivity index (χ0n) is 12.0. The van der Waals surface area contributed by atoms with E-state index < -0.39 is 0 Å². The number of hydrogen-bond acceptors (Lipinski definition) is 3. The van der Waals surface area contributed by atoms with Crippen LogP contribution in [-0.2, 0) is 4.74 Å². The molecule has 2 heterocycles. The summed E-state index contributed by atoms with van der Waals surface area (Å²) in [6, 6.07) is 0. The fraction of sp³-hybridized carbons (Fsp3) is 0.933. The lowest BCUT2D eigenvalue weighted by Gasteiger charge is -2.36. The minimum atomic E-state index is 0.365.